The summed E-state index contributed by atoms with van der Waals surface area (Å²) in [5.41, 5.74) is 3.15. The van der Waals surface area contributed by atoms with Crippen LogP contribution in [0.4, 0.5) is 0 Å². The van der Waals surface area contributed by atoms with Crippen molar-refractivity contribution >= 4 is 5.91 Å². The SMILES string of the molecule is COc1cccc(C(CNC(=O)c2cccn(Cc3cccc(C)c3)c2=O)N2CCCC2)c1. The van der Waals surface area contributed by atoms with Gasteiger partial charge in [0.2, 0.25) is 0 Å². The molecule has 2 aromatic carbocycles. The number of hydrogen-bond donors (Lipinski definition) is 1. The fourth-order valence-electron chi connectivity index (χ4n) is 4.49. The molecule has 1 saturated heterocycles. The molecule has 6 nitrogen and oxygen atoms in total. The van der Waals surface area contributed by atoms with E-state index < -0.39 is 0 Å². The van der Waals surface area contributed by atoms with Gasteiger partial charge in [-0.2, -0.15) is 0 Å². The van der Waals surface area contributed by atoms with Gasteiger partial charge in [0, 0.05) is 12.7 Å². The number of likely N-dealkylation sites (tertiary alicyclic amines) is 1. The van der Waals surface area contributed by atoms with Gasteiger partial charge in [0.05, 0.1) is 19.7 Å². The monoisotopic (exact) mass is 445 g/mol. The number of carbonyl (C=O) groups excluding carboxylic acids is 1. The maximum Gasteiger partial charge on any atom is 0.263 e. The van der Waals surface area contributed by atoms with Crippen molar-refractivity contribution in [1.29, 1.82) is 0 Å². The smallest absolute Gasteiger partial charge is 0.263 e. The van der Waals surface area contributed by atoms with Gasteiger partial charge in [-0.15, -0.1) is 0 Å². The first-order chi connectivity index (χ1) is 16.0. The zero-order valence-corrected chi connectivity index (χ0v) is 19.3. The molecule has 1 N–H and O–H groups in total. The molecule has 0 bridgehead atoms. The number of methoxy groups -OCH3 is 1. The minimum Gasteiger partial charge on any atom is -0.497 e. The lowest BCUT2D eigenvalue weighted by Gasteiger charge is -2.28. The number of ether oxygens (including phenoxy) is 1. The highest BCUT2D eigenvalue weighted by atomic mass is 16.5. The Labute approximate surface area is 194 Å². The molecule has 1 aromatic heterocycles. The number of hydrogen-bond acceptors (Lipinski definition) is 4. The van der Waals surface area contributed by atoms with E-state index in [2.05, 4.69) is 16.3 Å². The summed E-state index contributed by atoms with van der Waals surface area (Å²) in [7, 11) is 1.66. The highest BCUT2D eigenvalue weighted by Crippen LogP contribution is 2.27. The molecule has 1 aliphatic heterocycles. The van der Waals surface area contributed by atoms with Gasteiger partial charge in [0.15, 0.2) is 0 Å². The molecule has 2 heterocycles. The Morgan fingerprint density at radius 2 is 1.85 bits per heavy atom. The van der Waals surface area contributed by atoms with Crippen molar-refractivity contribution in [3.05, 3.63) is 99.5 Å². The number of carbonyl (C=O) groups is 1. The summed E-state index contributed by atoms with van der Waals surface area (Å²) in [6.07, 6.45) is 4.03. The molecule has 1 unspecified atom stereocenters. The third kappa shape index (κ3) is 5.52. The van der Waals surface area contributed by atoms with E-state index in [-0.39, 0.29) is 23.1 Å². The number of amides is 1. The largest absolute Gasteiger partial charge is 0.497 e. The molecule has 172 valence electrons. The highest BCUT2D eigenvalue weighted by molar-refractivity contribution is 5.93. The summed E-state index contributed by atoms with van der Waals surface area (Å²) >= 11 is 0. The van der Waals surface area contributed by atoms with Crippen LogP contribution in [0.15, 0.2) is 71.7 Å². The topological polar surface area (TPSA) is 63.6 Å². The van der Waals surface area contributed by atoms with Crippen molar-refractivity contribution in [2.24, 2.45) is 0 Å². The lowest BCUT2D eigenvalue weighted by molar-refractivity contribution is 0.0936. The highest BCUT2D eigenvalue weighted by Gasteiger charge is 2.25. The van der Waals surface area contributed by atoms with Gasteiger partial charge in [-0.1, -0.05) is 42.0 Å². The molecule has 6 heteroatoms. The average molecular weight is 446 g/mol. The standard InChI is InChI=1S/C27H31N3O3/c1-20-8-5-9-21(16-20)19-30-15-7-12-24(27(30)32)26(31)28-18-25(29-13-3-4-14-29)22-10-6-11-23(17-22)33-2/h5-12,15-17,25H,3-4,13-14,18-19H2,1-2H3,(H,28,31). The Bertz CT molecular complexity index is 1170. The summed E-state index contributed by atoms with van der Waals surface area (Å²) < 4.78 is 6.98. The van der Waals surface area contributed by atoms with Crippen LogP contribution in [0.3, 0.4) is 0 Å². The number of aryl methyl sites for hydroxylation is 1. The maximum absolute atomic E-state index is 13.0. The summed E-state index contributed by atoms with van der Waals surface area (Å²) in [5, 5.41) is 3.02. The number of pyridine rings is 1. The number of aromatic nitrogens is 1. The molecule has 3 aromatic rings. The van der Waals surface area contributed by atoms with Gasteiger partial charge in [0.25, 0.3) is 11.5 Å². The maximum atomic E-state index is 13.0. The van der Waals surface area contributed by atoms with Crippen molar-refractivity contribution in [2.75, 3.05) is 26.7 Å². The van der Waals surface area contributed by atoms with E-state index in [1.165, 1.54) is 0 Å². The van der Waals surface area contributed by atoms with Gasteiger partial charge >= 0.3 is 0 Å². The Balaban J connectivity index is 1.51. The summed E-state index contributed by atoms with van der Waals surface area (Å²) in [4.78, 5) is 28.4. The van der Waals surface area contributed by atoms with Gasteiger partial charge in [-0.25, -0.2) is 0 Å². The Morgan fingerprint density at radius 1 is 1.06 bits per heavy atom. The first-order valence-corrected chi connectivity index (χ1v) is 11.5. The number of nitrogens with one attached hydrogen (secondary N) is 1. The van der Waals surface area contributed by atoms with Crippen LogP contribution in [0.25, 0.3) is 0 Å². The fourth-order valence-corrected chi connectivity index (χ4v) is 4.49. The van der Waals surface area contributed by atoms with Gasteiger partial charge in [-0.3, -0.25) is 14.5 Å². The zero-order valence-electron chi connectivity index (χ0n) is 19.3. The van der Waals surface area contributed by atoms with E-state index >= 15 is 0 Å². The van der Waals surface area contributed by atoms with Crippen molar-refractivity contribution in [1.82, 2.24) is 14.8 Å². The first-order valence-electron chi connectivity index (χ1n) is 11.5. The van der Waals surface area contributed by atoms with Crippen LogP contribution in [0, 0.1) is 6.92 Å². The second kappa shape index (κ2) is 10.5. The first kappa shape index (κ1) is 22.8. The molecule has 0 aliphatic carbocycles. The molecule has 0 spiro atoms. The van der Waals surface area contributed by atoms with E-state index in [9.17, 15) is 9.59 Å². The average Bonchev–Trinajstić information content (AvgIpc) is 3.35. The predicted molar refractivity (Wildman–Crippen MR) is 130 cm³/mol. The minimum atomic E-state index is -0.342. The Morgan fingerprint density at radius 3 is 2.61 bits per heavy atom. The molecular weight excluding hydrogens is 414 g/mol. The molecule has 1 fully saturated rings. The van der Waals surface area contributed by atoms with E-state index in [1.807, 2.05) is 49.4 Å². The molecule has 1 aliphatic rings. The summed E-state index contributed by atoms with van der Waals surface area (Å²) in [6, 6.07) is 19.4. The van der Waals surface area contributed by atoms with Gasteiger partial charge in [0.1, 0.15) is 11.3 Å². The molecule has 0 saturated carbocycles. The van der Waals surface area contributed by atoms with Crippen LogP contribution in [0.5, 0.6) is 5.75 Å². The van der Waals surface area contributed by atoms with E-state index in [1.54, 1.807) is 30.0 Å². The van der Waals surface area contributed by atoms with E-state index in [4.69, 9.17) is 4.74 Å². The van der Waals surface area contributed by atoms with Crippen LogP contribution in [-0.4, -0.2) is 42.1 Å². The van der Waals surface area contributed by atoms with Crippen molar-refractivity contribution in [3.8, 4) is 5.75 Å². The van der Waals surface area contributed by atoms with Crippen LogP contribution in [0.2, 0.25) is 0 Å². The van der Waals surface area contributed by atoms with Crippen LogP contribution >= 0.6 is 0 Å². The fraction of sp³-hybridized carbons (Fsp3) is 0.333. The number of benzene rings is 2. The van der Waals surface area contributed by atoms with Crippen LogP contribution < -0.4 is 15.6 Å². The van der Waals surface area contributed by atoms with Gasteiger partial charge < -0.3 is 14.6 Å². The third-order valence-corrected chi connectivity index (χ3v) is 6.22. The van der Waals surface area contributed by atoms with Crippen molar-refractivity contribution in [3.63, 3.8) is 0 Å². The quantitative estimate of drug-likeness (QED) is 0.573. The normalized spacial score (nSPS) is 14.7. The Hall–Kier alpha value is -3.38. The molecule has 1 atom stereocenters. The Kier molecular flexibility index (Phi) is 7.25. The number of nitrogens with zero attached hydrogens (tertiary/aromatic N) is 2. The zero-order chi connectivity index (χ0) is 23.2. The second-order valence-corrected chi connectivity index (χ2v) is 8.59. The molecule has 33 heavy (non-hydrogen) atoms. The summed E-state index contributed by atoms with van der Waals surface area (Å²) in [6.45, 7) is 4.87. The minimum absolute atomic E-state index is 0.0322. The van der Waals surface area contributed by atoms with Crippen LogP contribution in [0.1, 0.15) is 45.9 Å². The second-order valence-electron chi connectivity index (χ2n) is 8.59. The lowest BCUT2D eigenvalue weighted by Crippen LogP contribution is -2.39. The number of rotatable bonds is 8. The van der Waals surface area contributed by atoms with Crippen LogP contribution in [-0.2, 0) is 6.54 Å². The lowest BCUT2D eigenvalue weighted by atomic mass is 10.0. The van der Waals surface area contributed by atoms with E-state index in [0.29, 0.717) is 13.1 Å². The van der Waals surface area contributed by atoms with Crippen molar-refractivity contribution in [2.45, 2.75) is 32.4 Å². The molecular formula is C27H31N3O3. The van der Waals surface area contributed by atoms with Gasteiger partial charge in [-0.05, 0) is 68.2 Å². The van der Waals surface area contributed by atoms with Crippen molar-refractivity contribution < 1.29 is 9.53 Å². The van der Waals surface area contributed by atoms with E-state index in [0.717, 1.165) is 48.4 Å². The molecule has 0 radical (unpaired) electrons. The molecule has 1 amide bonds. The molecule has 4 rings (SSSR count). The predicted octanol–water partition coefficient (Wildman–Crippen LogP) is 3.78. The summed E-state index contributed by atoms with van der Waals surface area (Å²) in [5.74, 6) is 0.454. The third-order valence-electron chi connectivity index (χ3n) is 6.22.